The van der Waals surface area contributed by atoms with E-state index in [1.807, 2.05) is 36.4 Å². The zero-order valence-electron chi connectivity index (χ0n) is 19.6. The molecule has 0 aliphatic heterocycles. The van der Waals surface area contributed by atoms with Crippen molar-refractivity contribution in [3.05, 3.63) is 101 Å². The molecule has 4 rings (SSSR count). The molecule has 0 N–H and O–H groups in total. The summed E-state index contributed by atoms with van der Waals surface area (Å²) in [6, 6.07) is 24.1. The van der Waals surface area contributed by atoms with Gasteiger partial charge in [0.05, 0.1) is 27.5 Å². The van der Waals surface area contributed by atoms with Gasteiger partial charge in [-0.1, -0.05) is 62.4 Å². The van der Waals surface area contributed by atoms with Gasteiger partial charge >= 0.3 is 0 Å². The van der Waals surface area contributed by atoms with E-state index < -0.39 is 16.1 Å². The molecule has 0 aliphatic rings. The number of sulfonamides is 1. The molecule has 1 aromatic heterocycles. The van der Waals surface area contributed by atoms with Crippen LogP contribution >= 0.6 is 0 Å². The highest BCUT2D eigenvalue weighted by Crippen LogP contribution is 2.29. The molecule has 7 heteroatoms. The molecule has 4 aromatic rings. The minimum atomic E-state index is -3.83. The summed E-state index contributed by atoms with van der Waals surface area (Å²) in [7, 11) is -3.83. The van der Waals surface area contributed by atoms with Gasteiger partial charge in [0, 0.05) is 6.54 Å². The molecule has 0 aliphatic carbocycles. The summed E-state index contributed by atoms with van der Waals surface area (Å²) in [6.07, 6.45) is 0.680. The molecule has 6 nitrogen and oxygen atoms in total. The third kappa shape index (κ3) is 4.67. The lowest BCUT2D eigenvalue weighted by molar-refractivity contribution is 0.308. The second-order valence-corrected chi connectivity index (χ2v) is 10.6. The number of nitrogens with zero attached hydrogens (tertiary/aromatic N) is 3. The second kappa shape index (κ2) is 9.91. The van der Waals surface area contributed by atoms with Crippen molar-refractivity contribution in [3.63, 3.8) is 0 Å². The van der Waals surface area contributed by atoms with Crippen molar-refractivity contribution in [2.75, 3.05) is 6.54 Å². The topological polar surface area (TPSA) is 72.3 Å². The zero-order valence-corrected chi connectivity index (χ0v) is 20.4. The molecule has 1 unspecified atom stereocenters. The van der Waals surface area contributed by atoms with E-state index >= 15 is 0 Å². The Morgan fingerprint density at radius 3 is 2.09 bits per heavy atom. The van der Waals surface area contributed by atoms with Gasteiger partial charge in [-0.15, -0.1) is 0 Å². The Labute approximate surface area is 200 Å². The molecule has 0 spiro atoms. The van der Waals surface area contributed by atoms with Gasteiger partial charge in [-0.25, -0.2) is 13.4 Å². The fourth-order valence-electron chi connectivity index (χ4n) is 4.02. The van der Waals surface area contributed by atoms with Crippen LogP contribution in [-0.2, 0) is 10.0 Å². The van der Waals surface area contributed by atoms with Crippen molar-refractivity contribution in [2.45, 2.75) is 38.1 Å². The molecule has 1 atom stereocenters. The van der Waals surface area contributed by atoms with Crippen LogP contribution < -0.4 is 5.56 Å². The molecular formula is C27H29N3O3S. The molecule has 0 bridgehead atoms. The first-order valence-corrected chi connectivity index (χ1v) is 12.9. The van der Waals surface area contributed by atoms with E-state index in [4.69, 9.17) is 4.98 Å². The smallest absolute Gasteiger partial charge is 0.266 e. The van der Waals surface area contributed by atoms with E-state index in [0.717, 1.165) is 0 Å². The van der Waals surface area contributed by atoms with Gasteiger partial charge in [-0.2, -0.15) is 4.31 Å². The highest BCUT2D eigenvalue weighted by atomic mass is 32.2. The van der Waals surface area contributed by atoms with Gasteiger partial charge in [-0.05, 0) is 55.7 Å². The maximum atomic E-state index is 13.8. The molecule has 3 aromatic carbocycles. The molecule has 0 saturated heterocycles. The van der Waals surface area contributed by atoms with Crippen LogP contribution in [0.15, 0.2) is 94.6 Å². The lowest BCUT2D eigenvalue weighted by Crippen LogP contribution is -2.38. The number of benzene rings is 3. The first kappa shape index (κ1) is 23.9. The van der Waals surface area contributed by atoms with Gasteiger partial charge < -0.3 is 0 Å². The van der Waals surface area contributed by atoms with E-state index in [9.17, 15) is 13.2 Å². The van der Waals surface area contributed by atoms with Crippen LogP contribution in [0.4, 0.5) is 0 Å². The molecular weight excluding hydrogens is 446 g/mol. The first-order valence-electron chi connectivity index (χ1n) is 11.4. The monoisotopic (exact) mass is 475 g/mol. The minimum Gasteiger partial charge on any atom is -0.268 e. The van der Waals surface area contributed by atoms with E-state index in [-0.39, 0.29) is 10.5 Å². The Morgan fingerprint density at radius 2 is 1.44 bits per heavy atom. The SMILES string of the molecule is CC(C)CCN(C(C)c1nc2ccccc2c(=O)n1-c1ccccc1)S(=O)(=O)c1ccccc1. The van der Waals surface area contributed by atoms with Crippen LogP contribution in [0.2, 0.25) is 0 Å². The van der Waals surface area contributed by atoms with Gasteiger partial charge in [0.1, 0.15) is 5.82 Å². The van der Waals surface area contributed by atoms with Crippen LogP contribution in [0.3, 0.4) is 0 Å². The second-order valence-electron chi connectivity index (χ2n) is 8.75. The van der Waals surface area contributed by atoms with Crippen molar-refractivity contribution >= 4 is 20.9 Å². The van der Waals surface area contributed by atoms with Gasteiger partial charge in [0.25, 0.3) is 5.56 Å². The largest absolute Gasteiger partial charge is 0.268 e. The third-order valence-electron chi connectivity index (χ3n) is 5.90. The van der Waals surface area contributed by atoms with Crippen LogP contribution in [-0.4, -0.2) is 28.8 Å². The molecule has 0 amide bonds. The van der Waals surface area contributed by atoms with Gasteiger partial charge in [0.15, 0.2) is 0 Å². The van der Waals surface area contributed by atoms with Crippen LogP contribution in [0.25, 0.3) is 16.6 Å². The summed E-state index contributed by atoms with van der Waals surface area (Å²) in [4.78, 5) is 18.7. The van der Waals surface area contributed by atoms with E-state index in [0.29, 0.717) is 41.3 Å². The number of hydrogen-bond acceptors (Lipinski definition) is 4. The Kier molecular flexibility index (Phi) is 6.95. The van der Waals surface area contributed by atoms with Gasteiger partial charge in [0.2, 0.25) is 10.0 Å². The minimum absolute atomic E-state index is 0.222. The number of hydrogen-bond donors (Lipinski definition) is 0. The number of para-hydroxylation sites is 2. The normalized spacial score (nSPS) is 13.0. The van der Waals surface area contributed by atoms with Gasteiger partial charge in [-0.3, -0.25) is 9.36 Å². The number of aromatic nitrogens is 2. The van der Waals surface area contributed by atoms with Crippen LogP contribution in [0.5, 0.6) is 0 Å². The summed E-state index contributed by atoms with van der Waals surface area (Å²) in [6.45, 7) is 6.24. The average molecular weight is 476 g/mol. The molecule has 0 radical (unpaired) electrons. The van der Waals surface area contributed by atoms with Crippen LogP contribution in [0, 0.1) is 5.92 Å². The van der Waals surface area contributed by atoms with Crippen molar-refractivity contribution < 1.29 is 8.42 Å². The quantitative estimate of drug-likeness (QED) is 0.352. The molecule has 34 heavy (non-hydrogen) atoms. The van der Waals surface area contributed by atoms with Crippen molar-refractivity contribution in [3.8, 4) is 5.69 Å². The molecule has 1 heterocycles. The summed E-state index contributed by atoms with van der Waals surface area (Å²) in [5, 5.41) is 0.488. The Bertz CT molecular complexity index is 1430. The lowest BCUT2D eigenvalue weighted by atomic mass is 10.1. The Morgan fingerprint density at radius 1 is 0.853 bits per heavy atom. The molecule has 0 saturated carbocycles. The van der Waals surface area contributed by atoms with Crippen molar-refractivity contribution in [1.29, 1.82) is 0 Å². The highest BCUT2D eigenvalue weighted by molar-refractivity contribution is 7.89. The molecule has 0 fully saturated rings. The predicted octanol–water partition coefficient (Wildman–Crippen LogP) is 5.18. The van der Waals surface area contributed by atoms with E-state index in [1.165, 1.54) is 8.87 Å². The lowest BCUT2D eigenvalue weighted by Gasteiger charge is -2.30. The maximum Gasteiger partial charge on any atom is 0.266 e. The number of fused-ring (bicyclic) bond motifs is 1. The number of rotatable bonds is 8. The fourth-order valence-corrected chi connectivity index (χ4v) is 5.65. The summed E-state index contributed by atoms with van der Waals surface area (Å²) < 4.78 is 30.5. The summed E-state index contributed by atoms with van der Waals surface area (Å²) in [5.74, 6) is 0.694. The fraction of sp³-hybridized carbons (Fsp3) is 0.259. The zero-order chi connectivity index (χ0) is 24.3. The predicted molar refractivity (Wildman–Crippen MR) is 136 cm³/mol. The third-order valence-corrected chi connectivity index (χ3v) is 7.88. The van der Waals surface area contributed by atoms with Crippen molar-refractivity contribution in [2.24, 2.45) is 5.92 Å². The standard InChI is InChI=1S/C27H29N3O3S/c1-20(2)18-19-29(34(32,33)23-14-8-5-9-15-23)21(3)26-28-25-17-11-10-16-24(25)27(31)30(26)22-12-6-4-7-13-22/h4-17,20-21H,18-19H2,1-3H3. The van der Waals surface area contributed by atoms with E-state index in [1.54, 1.807) is 55.5 Å². The van der Waals surface area contributed by atoms with Crippen LogP contribution in [0.1, 0.15) is 39.1 Å². The Hall–Kier alpha value is -3.29. The summed E-state index contributed by atoms with van der Waals surface area (Å²) in [5.41, 5.74) is 0.968. The van der Waals surface area contributed by atoms with E-state index in [2.05, 4.69) is 13.8 Å². The average Bonchev–Trinajstić information content (AvgIpc) is 2.84. The Balaban J connectivity index is 1.94. The summed E-state index contributed by atoms with van der Waals surface area (Å²) >= 11 is 0. The maximum absolute atomic E-state index is 13.8. The molecule has 176 valence electrons. The van der Waals surface area contributed by atoms with Crippen molar-refractivity contribution in [1.82, 2.24) is 13.9 Å². The highest BCUT2D eigenvalue weighted by Gasteiger charge is 2.33. The first-order chi connectivity index (χ1) is 16.3.